The Bertz CT molecular complexity index is 1010. The van der Waals surface area contributed by atoms with Crippen molar-refractivity contribution in [2.75, 3.05) is 26.3 Å². The molecule has 1 heterocycles. The Morgan fingerprint density at radius 3 is 2.09 bits per heavy atom. The summed E-state index contributed by atoms with van der Waals surface area (Å²) in [5, 5.41) is 2.81. The number of morpholine rings is 1. The number of Topliss-reactive ketones (excluding diaryl/α,β-unsaturated/α-hetero) is 1. The Morgan fingerprint density at radius 2 is 1.56 bits per heavy atom. The van der Waals surface area contributed by atoms with Gasteiger partial charge in [0, 0.05) is 38.0 Å². The van der Waals surface area contributed by atoms with Gasteiger partial charge in [0.25, 0.3) is 5.91 Å². The Kier molecular flexibility index (Phi) is 7.75. The lowest BCUT2D eigenvalue weighted by atomic mass is 9.87. The van der Waals surface area contributed by atoms with Crippen molar-refractivity contribution in [3.05, 3.63) is 70.8 Å². The fraction of sp³-hybridized carbons (Fsp3) is 0.444. The monoisotopic (exact) mass is 464 g/mol. The topological polar surface area (TPSA) is 84.9 Å². The number of carbonyl (C=O) groups is 3. The summed E-state index contributed by atoms with van der Waals surface area (Å²) in [6.07, 6.45) is 1.27. The summed E-state index contributed by atoms with van der Waals surface area (Å²) in [4.78, 5) is 38.9. The Balaban J connectivity index is 1.43. The van der Waals surface area contributed by atoms with Gasteiger partial charge in [-0.25, -0.2) is 0 Å². The Hall–Kier alpha value is -3.03. The molecule has 2 aromatic rings. The van der Waals surface area contributed by atoms with Gasteiger partial charge in [0.1, 0.15) is 5.78 Å². The highest BCUT2D eigenvalue weighted by atomic mass is 16.6. The molecule has 7 heteroatoms. The van der Waals surface area contributed by atoms with Crippen LogP contribution in [0.5, 0.6) is 0 Å². The SMILES string of the molecule is CC(=O)OC(NC(=O)c1ccc(C(C(C)=O)c2ccc(CN3CCOCC3)cc2)cc1)C1CC1. The number of carbonyl (C=O) groups excluding carboxylic acids is 3. The van der Waals surface area contributed by atoms with Crippen LogP contribution < -0.4 is 5.32 Å². The van der Waals surface area contributed by atoms with Crippen LogP contribution in [-0.2, 0) is 25.6 Å². The van der Waals surface area contributed by atoms with Crippen LogP contribution in [0.15, 0.2) is 48.5 Å². The van der Waals surface area contributed by atoms with E-state index in [1.807, 2.05) is 24.3 Å². The summed E-state index contributed by atoms with van der Waals surface area (Å²) in [7, 11) is 0. The minimum Gasteiger partial charge on any atom is -0.442 e. The van der Waals surface area contributed by atoms with Gasteiger partial charge in [0.2, 0.25) is 0 Å². The van der Waals surface area contributed by atoms with Crippen molar-refractivity contribution < 1.29 is 23.9 Å². The quantitative estimate of drug-likeness (QED) is 0.453. The van der Waals surface area contributed by atoms with E-state index >= 15 is 0 Å². The standard InChI is InChI=1S/C27H32N2O5/c1-18(30)25(21-5-3-20(4-6-21)17-29-13-15-33-16-14-29)22-7-9-23(10-8-22)26(32)28-27(24-11-12-24)34-19(2)31/h3-10,24-25,27H,11-17H2,1-2H3,(H,28,32). The lowest BCUT2D eigenvalue weighted by Crippen LogP contribution is -2.39. The van der Waals surface area contributed by atoms with Gasteiger partial charge >= 0.3 is 5.97 Å². The molecule has 0 bridgehead atoms. The third-order valence-corrected chi connectivity index (χ3v) is 6.35. The van der Waals surface area contributed by atoms with Crippen LogP contribution in [0.25, 0.3) is 0 Å². The van der Waals surface area contributed by atoms with E-state index in [0.717, 1.165) is 56.8 Å². The maximum Gasteiger partial charge on any atom is 0.304 e. The first-order chi connectivity index (χ1) is 16.4. The lowest BCUT2D eigenvalue weighted by molar-refractivity contribution is -0.148. The molecule has 2 fully saturated rings. The van der Waals surface area contributed by atoms with E-state index in [-0.39, 0.29) is 17.6 Å². The third kappa shape index (κ3) is 6.30. The van der Waals surface area contributed by atoms with Crippen LogP contribution in [-0.4, -0.2) is 55.1 Å². The van der Waals surface area contributed by atoms with Crippen LogP contribution in [0, 0.1) is 5.92 Å². The van der Waals surface area contributed by atoms with Crippen LogP contribution in [0.3, 0.4) is 0 Å². The van der Waals surface area contributed by atoms with Gasteiger partial charge in [-0.15, -0.1) is 0 Å². The molecule has 1 saturated carbocycles. The maximum atomic E-state index is 12.7. The average Bonchev–Trinajstić information content (AvgIpc) is 3.66. The molecule has 2 aromatic carbocycles. The first-order valence-corrected chi connectivity index (χ1v) is 11.9. The molecule has 1 saturated heterocycles. The minimum absolute atomic E-state index is 0.0433. The van der Waals surface area contributed by atoms with Crippen LogP contribution in [0.2, 0.25) is 0 Å². The molecule has 2 aliphatic rings. The molecule has 7 nitrogen and oxygen atoms in total. The normalized spacial score (nSPS) is 18.1. The average molecular weight is 465 g/mol. The second-order valence-corrected chi connectivity index (χ2v) is 9.14. The summed E-state index contributed by atoms with van der Waals surface area (Å²) in [6.45, 7) is 7.19. The highest BCUT2D eigenvalue weighted by Crippen LogP contribution is 2.33. The zero-order valence-corrected chi connectivity index (χ0v) is 19.8. The third-order valence-electron chi connectivity index (χ3n) is 6.35. The summed E-state index contributed by atoms with van der Waals surface area (Å²) >= 11 is 0. The fourth-order valence-corrected chi connectivity index (χ4v) is 4.36. The summed E-state index contributed by atoms with van der Waals surface area (Å²) in [5.74, 6) is -0.874. The van der Waals surface area contributed by atoms with Gasteiger partial charge in [0.05, 0.1) is 19.1 Å². The number of ketones is 1. The van der Waals surface area contributed by atoms with Gasteiger partial charge in [0.15, 0.2) is 6.23 Å². The zero-order chi connectivity index (χ0) is 24.1. The number of rotatable bonds is 9. The molecule has 180 valence electrons. The number of benzene rings is 2. The molecule has 0 spiro atoms. The van der Waals surface area contributed by atoms with E-state index in [4.69, 9.17) is 9.47 Å². The molecular weight excluding hydrogens is 432 g/mol. The van der Waals surface area contributed by atoms with Gasteiger partial charge in [-0.2, -0.15) is 0 Å². The van der Waals surface area contributed by atoms with E-state index in [2.05, 4.69) is 22.3 Å². The van der Waals surface area contributed by atoms with Gasteiger partial charge in [-0.05, 0) is 48.6 Å². The molecule has 4 rings (SSSR count). The molecule has 1 amide bonds. The number of hydrogen-bond acceptors (Lipinski definition) is 6. The number of nitrogens with zero attached hydrogens (tertiary/aromatic N) is 1. The second-order valence-electron chi connectivity index (χ2n) is 9.14. The molecule has 0 aromatic heterocycles. The highest BCUT2D eigenvalue weighted by Gasteiger charge is 2.35. The van der Waals surface area contributed by atoms with Crippen LogP contribution in [0.4, 0.5) is 0 Å². The number of amides is 1. The van der Waals surface area contributed by atoms with E-state index in [1.165, 1.54) is 12.5 Å². The molecule has 2 atom stereocenters. The maximum absolute atomic E-state index is 12.7. The second kappa shape index (κ2) is 10.9. The summed E-state index contributed by atoms with van der Waals surface area (Å²) in [6, 6.07) is 15.3. The molecule has 2 unspecified atom stereocenters. The number of ether oxygens (including phenoxy) is 2. The van der Waals surface area contributed by atoms with Crippen molar-refractivity contribution in [2.24, 2.45) is 5.92 Å². The molecule has 34 heavy (non-hydrogen) atoms. The van der Waals surface area contributed by atoms with Crippen LogP contribution >= 0.6 is 0 Å². The Labute approximate surface area is 200 Å². The van der Waals surface area contributed by atoms with Crippen molar-refractivity contribution in [1.82, 2.24) is 10.2 Å². The van der Waals surface area contributed by atoms with Gasteiger partial charge < -0.3 is 14.8 Å². The van der Waals surface area contributed by atoms with E-state index in [1.54, 1.807) is 19.1 Å². The first kappa shape index (κ1) is 24.1. The smallest absolute Gasteiger partial charge is 0.304 e. The highest BCUT2D eigenvalue weighted by molar-refractivity contribution is 5.95. The molecule has 0 radical (unpaired) electrons. The summed E-state index contributed by atoms with van der Waals surface area (Å²) in [5.41, 5.74) is 3.44. The number of nitrogens with one attached hydrogen (secondary N) is 1. The molecule has 1 N–H and O–H groups in total. The predicted octanol–water partition coefficient (Wildman–Crippen LogP) is 3.27. The van der Waals surface area contributed by atoms with Gasteiger partial charge in [-0.1, -0.05) is 36.4 Å². The molecular formula is C27H32N2O5. The van der Waals surface area contributed by atoms with E-state index in [9.17, 15) is 14.4 Å². The van der Waals surface area contributed by atoms with Crippen molar-refractivity contribution in [1.29, 1.82) is 0 Å². The van der Waals surface area contributed by atoms with Crippen molar-refractivity contribution >= 4 is 17.7 Å². The Morgan fingerprint density at radius 1 is 0.971 bits per heavy atom. The van der Waals surface area contributed by atoms with E-state index < -0.39 is 18.1 Å². The number of esters is 1. The number of hydrogen-bond donors (Lipinski definition) is 1. The first-order valence-electron chi connectivity index (χ1n) is 11.9. The van der Waals surface area contributed by atoms with Crippen molar-refractivity contribution in [2.45, 2.75) is 45.4 Å². The fourth-order valence-electron chi connectivity index (χ4n) is 4.36. The zero-order valence-electron chi connectivity index (χ0n) is 19.8. The van der Waals surface area contributed by atoms with Gasteiger partial charge in [-0.3, -0.25) is 19.3 Å². The van der Waals surface area contributed by atoms with Crippen molar-refractivity contribution in [3.8, 4) is 0 Å². The molecule has 1 aliphatic carbocycles. The summed E-state index contributed by atoms with van der Waals surface area (Å²) < 4.78 is 10.7. The largest absolute Gasteiger partial charge is 0.442 e. The lowest BCUT2D eigenvalue weighted by Gasteiger charge is -2.26. The van der Waals surface area contributed by atoms with E-state index in [0.29, 0.717) is 5.56 Å². The van der Waals surface area contributed by atoms with Crippen LogP contribution in [0.1, 0.15) is 59.7 Å². The predicted molar refractivity (Wildman–Crippen MR) is 127 cm³/mol. The minimum atomic E-state index is -0.592. The van der Waals surface area contributed by atoms with Crippen molar-refractivity contribution in [3.63, 3.8) is 0 Å². The molecule has 1 aliphatic heterocycles.